The van der Waals surface area contributed by atoms with Crippen molar-refractivity contribution < 1.29 is 28.6 Å². The van der Waals surface area contributed by atoms with E-state index in [-0.39, 0.29) is 25.0 Å². The van der Waals surface area contributed by atoms with Gasteiger partial charge in [-0.1, -0.05) is 24.6 Å². The van der Waals surface area contributed by atoms with Crippen molar-refractivity contribution >= 4 is 34.4 Å². The average molecular weight is 474 g/mol. The standard InChI is InChI=1S/C25H28ClNO6/c1-4-8-31-19-5-6-20(21(26)13-19)24(28)27-14-18-11-16(10-17-7-9-32-23(17)18)12-22(25(29)30)33-15(2)3/h5-7,9-11,13,15,22H,4,8,12,14H2,1-3H3,(H,27,28)(H,29,30). The number of hydrogen-bond donors (Lipinski definition) is 2. The van der Waals surface area contributed by atoms with Crippen LogP contribution >= 0.6 is 11.6 Å². The van der Waals surface area contributed by atoms with Gasteiger partial charge in [-0.15, -0.1) is 0 Å². The fourth-order valence-corrected chi connectivity index (χ4v) is 3.73. The van der Waals surface area contributed by atoms with Crippen LogP contribution in [-0.4, -0.2) is 35.8 Å². The zero-order valence-corrected chi connectivity index (χ0v) is 19.6. The largest absolute Gasteiger partial charge is 0.494 e. The summed E-state index contributed by atoms with van der Waals surface area (Å²) in [6.07, 6.45) is 1.44. The maximum absolute atomic E-state index is 12.7. The Balaban J connectivity index is 1.76. The Kier molecular flexibility index (Phi) is 8.36. The molecule has 0 radical (unpaired) electrons. The number of rotatable bonds is 11. The molecular formula is C25H28ClNO6. The van der Waals surface area contributed by atoms with Crippen molar-refractivity contribution in [2.75, 3.05) is 6.61 Å². The maximum atomic E-state index is 12.7. The second kappa shape index (κ2) is 11.2. The van der Waals surface area contributed by atoms with Crippen LogP contribution in [0.2, 0.25) is 5.02 Å². The van der Waals surface area contributed by atoms with Crippen LogP contribution in [0.3, 0.4) is 0 Å². The van der Waals surface area contributed by atoms with Gasteiger partial charge >= 0.3 is 5.97 Å². The van der Waals surface area contributed by atoms with E-state index >= 15 is 0 Å². The Hall–Kier alpha value is -3.03. The number of benzene rings is 2. The van der Waals surface area contributed by atoms with Crippen molar-refractivity contribution in [3.05, 3.63) is 64.4 Å². The molecule has 8 heteroatoms. The van der Waals surface area contributed by atoms with Gasteiger partial charge in [0.1, 0.15) is 11.3 Å². The van der Waals surface area contributed by atoms with Gasteiger partial charge in [0, 0.05) is 23.9 Å². The van der Waals surface area contributed by atoms with Crippen LogP contribution < -0.4 is 10.1 Å². The lowest BCUT2D eigenvalue weighted by molar-refractivity contribution is -0.153. The molecule has 0 fully saturated rings. The fraction of sp³-hybridized carbons (Fsp3) is 0.360. The molecule has 7 nitrogen and oxygen atoms in total. The maximum Gasteiger partial charge on any atom is 0.333 e. The van der Waals surface area contributed by atoms with E-state index in [0.717, 1.165) is 22.9 Å². The van der Waals surface area contributed by atoms with Crippen LogP contribution in [0, 0.1) is 0 Å². The lowest BCUT2D eigenvalue weighted by Gasteiger charge is -2.17. The molecule has 3 rings (SSSR count). The van der Waals surface area contributed by atoms with Crippen LogP contribution in [0.1, 0.15) is 48.7 Å². The van der Waals surface area contributed by atoms with Crippen LogP contribution in [-0.2, 0) is 22.5 Å². The second-order valence-electron chi connectivity index (χ2n) is 7.98. The van der Waals surface area contributed by atoms with Gasteiger partial charge in [-0.3, -0.25) is 4.79 Å². The number of furan rings is 1. The molecule has 33 heavy (non-hydrogen) atoms. The summed E-state index contributed by atoms with van der Waals surface area (Å²) in [7, 11) is 0. The predicted octanol–water partition coefficient (Wildman–Crippen LogP) is 5.23. The van der Waals surface area contributed by atoms with E-state index in [1.165, 1.54) is 0 Å². The number of carboxylic acid groups (broad SMARTS) is 1. The molecule has 3 aromatic rings. The van der Waals surface area contributed by atoms with Gasteiger partial charge in [-0.25, -0.2) is 4.79 Å². The minimum absolute atomic E-state index is 0.184. The zero-order chi connectivity index (χ0) is 24.0. The highest BCUT2D eigenvalue weighted by Gasteiger charge is 2.21. The van der Waals surface area contributed by atoms with Gasteiger partial charge < -0.3 is 24.3 Å². The Morgan fingerprint density at radius 1 is 1.18 bits per heavy atom. The predicted molar refractivity (Wildman–Crippen MR) is 126 cm³/mol. The molecule has 2 aromatic carbocycles. The van der Waals surface area contributed by atoms with Crippen molar-refractivity contribution in [2.24, 2.45) is 0 Å². The number of carbonyl (C=O) groups excluding carboxylic acids is 1. The highest BCUT2D eigenvalue weighted by molar-refractivity contribution is 6.34. The van der Waals surface area contributed by atoms with E-state index in [0.29, 0.717) is 28.5 Å². The topological polar surface area (TPSA) is 98.0 Å². The van der Waals surface area contributed by atoms with Crippen molar-refractivity contribution in [2.45, 2.75) is 52.4 Å². The molecule has 0 aliphatic heterocycles. The summed E-state index contributed by atoms with van der Waals surface area (Å²) in [6.45, 7) is 6.35. The van der Waals surface area contributed by atoms with Crippen LogP contribution in [0.4, 0.5) is 0 Å². The van der Waals surface area contributed by atoms with E-state index in [2.05, 4.69) is 5.32 Å². The van der Waals surface area contributed by atoms with Gasteiger partial charge in [-0.05, 0) is 56.2 Å². The first kappa shape index (κ1) is 24.6. The quantitative estimate of drug-likeness (QED) is 0.396. The van der Waals surface area contributed by atoms with Gasteiger partial charge in [0.05, 0.1) is 29.6 Å². The highest BCUT2D eigenvalue weighted by Crippen LogP contribution is 2.25. The van der Waals surface area contributed by atoms with Crippen LogP contribution in [0.25, 0.3) is 11.0 Å². The molecule has 1 atom stereocenters. The molecule has 0 spiro atoms. The van der Waals surface area contributed by atoms with E-state index < -0.39 is 12.1 Å². The Bertz CT molecular complexity index is 1120. The lowest BCUT2D eigenvalue weighted by Crippen LogP contribution is -2.29. The first-order valence-corrected chi connectivity index (χ1v) is 11.2. The summed E-state index contributed by atoms with van der Waals surface area (Å²) in [5.74, 6) is -0.745. The molecule has 0 aliphatic carbocycles. The monoisotopic (exact) mass is 473 g/mol. The van der Waals surface area contributed by atoms with Gasteiger partial charge in [-0.2, -0.15) is 0 Å². The summed E-state index contributed by atoms with van der Waals surface area (Å²) in [6, 6.07) is 10.5. The molecule has 1 amide bonds. The number of amides is 1. The normalized spacial score (nSPS) is 12.2. The Morgan fingerprint density at radius 3 is 2.64 bits per heavy atom. The van der Waals surface area contributed by atoms with Crippen molar-refractivity contribution in [1.29, 1.82) is 0 Å². The smallest absolute Gasteiger partial charge is 0.333 e. The van der Waals surface area contributed by atoms with E-state index in [1.54, 1.807) is 44.4 Å². The number of halogens is 1. The number of nitrogens with one attached hydrogen (secondary N) is 1. The minimum Gasteiger partial charge on any atom is -0.494 e. The van der Waals surface area contributed by atoms with Gasteiger partial charge in [0.25, 0.3) is 5.91 Å². The molecule has 1 aromatic heterocycles. The summed E-state index contributed by atoms with van der Waals surface area (Å²) in [4.78, 5) is 24.3. The van der Waals surface area contributed by atoms with Crippen LogP contribution in [0.15, 0.2) is 47.1 Å². The number of carboxylic acids is 1. The summed E-state index contributed by atoms with van der Waals surface area (Å²) in [5.41, 5.74) is 2.47. The molecule has 2 N–H and O–H groups in total. The summed E-state index contributed by atoms with van der Waals surface area (Å²) >= 11 is 6.29. The number of ether oxygens (including phenoxy) is 2. The molecule has 176 valence electrons. The van der Waals surface area contributed by atoms with Crippen molar-refractivity contribution in [1.82, 2.24) is 5.32 Å². The summed E-state index contributed by atoms with van der Waals surface area (Å²) < 4.78 is 16.7. The first-order valence-electron chi connectivity index (χ1n) is 10.9. The highest BCUT2D eigenvalue weighted by atomic mass is 35.5. The van der Waals surface area contributed by atoms with Gasteiger partial charge in [0.15, 0.2) is 6.10 Å². The molecule has 1 heterocycles. The third-order valence-electron chi connectivity index (χ3n) is 4.92. The number of fused-ring (bicyclic) bond motifs is 1. The fourth-order valence-electron chi connectivity index (χ4n) is 3.47. The van der Waals surface area contributed by atoms with Crippen molar-refractivity contribution in [3.8, 4) is 5.75 Å². The minimum atomic E-state index is -1.02. The Labute approximate surface area is 197 Å². The van der Waals surface area contributed by atoms with E-state index in [4.69, 9.17) is 25.5 Å². The number of aliphatic carboxylic acids is 1. The SMILES string of the molecule is CCCOc1ccc(C(=O)NCc2cc(CC(OC(C)C)C(=O)O)cc3ccoc23)c(Cl)c1. The molecular weight excluding hydrogens is 446 g/mol. The second-order valence-corrected chi connectivity index (χ2v) is 8.39. The molecule has 0 aliphatic rings. The molecule has 0 bridgehead atoms. The van der Waals surface area contributed by atoms with Crippen LogP contribution in [0.5, 0.6) is 5.75 Å². The molecule has 0 saturated heterocycles. The van der Waals surface area contributed by atoms with E-state index in [9.17, 15) is 14.7 Å². The number of hydrogen-bond acceptors (Lipinski definition) is 5. The Morgan fingerprint density at radius 2 is 1.97 bits per heavy atom. The first-order chi connectivity index (χ1) is 15.8. The van der Waals surface area contributed by atoms with Crippen molar-refractivity contribution in [3.63, 3.8) is 0 Å². The summed E-state index contributed by atoms with van der Waals surface area (Å²) in [5, 5.41) is 13.5. The third-order valence-corrected chi connectivity index (χ3v) is 5.23. The molecule has 0 saturated carbocycles. The van der Waals surface area contributed by atoms with E-state index in [1.807, 2.05) is 19.1 Å². The third kappa shape index (κ3) is 6.49. The lowest BCUT2D eigenvalue weighted by atomic mass is 10.0. The average Bonchev–Trinajstić information content (AvgIpc) is 3.24. The number of carbonyl (C=O) groups is 2. The molecule has 1 unspecified atom stereocenters. The zero-order valence-electron chi connectivity index (χ0n) is 18.9. The van der Waals surface area contributed by atoms with Gasteiger partial charge in [0.2, 0.25) is 0 Å².